The van der Waals surface area contributed by atoms with Crippen molar-refractivity contribution >= 4 is 0 Å². The molecule has 29 heavy (non-hydrogen) atoms. The summed E-state index contributed by atoms with van der Waals surface area (Å²) in [5.74, 6) is 1.03. The van der Waals surface area contributed by atoms with Crippen molar-refractivity contribution in [2.24, 2.45) is 5.73 Å². The first-order chi connectivity index (χ1) is 13.9. The number of rotatable bonds is 4. The number of ether oxygens (including phenoxy) is 1. The van der Waals surface area contributed by atoms with Gasteiger partial charge >= 0.3 is 0 Å². The smallest absolute Gasteiger partial charge is 0.140 e. The van der Waals surface area contributed by atoms with Crippen LogP contribution in [0, 0.1) is 0 Å². The van der Waals surface area contributed by atoms with E-state index in [1.165, 1.54) is 28.7 Å². The largest absolute Gasteiger partial charge is 0.484 e. The van der Waals surface area contributed by atoms with Crippen LogP contribution in [-0.2, 0) is 18.3 Å². The summed E-state index contributed by atoms with van der Waals surface area (Å²) in [4.78, 5) is 2.58. The Balaban J connectivity index is 1.69. The van der Waals surface area contributed by atoms with Gasteiger partial charge in [-0.15, -0.1) is 0 Å². The Bertz CT molecular complexity index is 854. The van der Waals surface area contributed by atoms with E-state index in [4.69, 9.17) is 10.5 Å². The molecule has 3 heteroatoms. The molecule has 4 rings (SSSR count). The van der Waals surface area contributed by atoms with Crippen molar-refractivity contribution in [2.75, 3.05) is 13.1 Å². The van der Waals surface area contributed by atoms with Gasteiger partial charge in [0, 0.05) is 12.6 Å². The Morgan fingerprint density at radius 2 is 1.93 bits per heavy atom. The van der Waals surface area contributed by atoms with Crippen molar-refractivity contribution in [3.05, 3.63) is 64.7 Å². The highest BCUT2D eigenvalue weighted by Crippen LogP contribution is 2.41. The summed E-state index contributed by atoms with van der Waals surface area (Å²) in [6, 6.07) is 16.2. The molecule has 0 aromatic heterocycles. The van der Waals surface area contributed by atoms with Crippen molar-refractivity contribution in [3.63, 3.8) is 0 Å². The molecule has 1 saturated heterocycles. The van der Waals surface area contributed by atoms with Crippen LogP contribution in [0.25, 0.3) is 0 Å². The van der Waals surface area contributed by atoms with E-state index in [-0.39, 0.29) is 17.6 Å². The number of fused-ring (bicyclic) bond motifs is 1. The van der Waals surface area contributed by atoms with Gasteiger partial charge in [-0.3, -0.25) is 4.90 Å². The third-order valence-electron chi connectivity index (χ3n) is 6.61. The van der Waals surface area contributed by atoms with E-state index in [1.807, 2.05) is 0 Å². The topological polar surface area (TPSA) is 38.5 Å². The first kappa shape index (κ1) is 20.4. The summed E-state index contributed by atoms with van der Waals surface area (Å²) in [6.07, 6.45) is 4.47. The molecule has 1 aliphatic carbocycles. The Kier molecular flexibility index (Phi) is 5.72. The minimum Gasteiger partial charge on any atom is -0.484 e. The van der Waals surface area contributed by atoms with Crippen molar-refractivity contribution in [3.8, 4) is 5.75 Å². The summed E-state index contributed by atoms with van der Waals surface area (Å²) in [5, 5.41) is 0. The molecule has 0 bridgehead atoms. The molecule has 0 amide bonds. The fourth-order valence-electron chi connectivity index (χ4n) is 4.96. The summed E-state index contributed by atoms with van der Waals surface area (Å²) in [6.45, 7) is 11.1. The molecule has 1 aliphatic heterocycles. The molecular weight excluding hydrogens is 356 g/mol. The molecule has 1 heterocycles. The van der Waals surface area contributed by atoms with Crippen LogP contribution >= 0.6 is 0 Å². The molecule has 2 N–H and O–H groups in total. The molecule has 3 unspecified atom stereocenters. The summed E-state index contributed by atoms with van der Waals surface area (Å²) < 4.78 is 6.88. The molecule has 0 saturated carbocycles. The normalized spacial score (nSPS) is 25.1. The van der Waals surface area contributed by atoms with Gasteiger partial charge in [-0.25, -0.2) is 0 Å². The van der Waals surface area contributed by atoms with Crippen LogP contribution in [-0.4, -0.2) is 30.1 Å². The molecule has 156 valence electrons. The molecule has 2 aromatic carbocycles. The van der Waals surface area contributed by atoms with Crippen LogP contribution in [0.3, 0.4) is 0 Å². The van der Waals surface area contributed by atoms with Crippen LogP contribution in [0.5, 0.6) is 5.75 Å². The molecule has 0 spiro atoms. The zero-order valence-electron chi connectivity index (χ0n) is 18.4. The van der Waals surface area contributed by atoms with Crippen molar-refractivity contribution in [2.45, 2.75) is 77.0 Å². The quantitative estimate of drug-likeness (QED) is 0.794. The van der Waals surface area contributed by atoms with Gasteiger partial charge in [0.25, 0.3) is 0 Å². The first-order valence-electron chi connectivity index (χ1n) is 11.2. The summed E-state index contributed by atoms with van der Waals surface area (Å²) in [7, 11) is 0. The predicted octanol–water partition coefficient (Wildman–Crippen LogP) is 5.01. The Morgan fingerprint density at radius 1 is 1.14 bits per heavy atom. The molecule has 1 fully saturated rings. The lowest BCUT2D eigenvalue weighted by Gasteiger charge is -2.38. The van der Waals surface area contributed by atoms with E-state index in [1.54, 1.807) is 0 Å². The highest BCUT2D eigenvalue weighted by atomic mass is 16.5. The third-order valence-corrected chi connectivity index (χ3v) is 6.61. The van der Waals surface area contributed by atoms with Gasteiger partial charge in [-0.1, -0.05) is 64.1 Å². The Labute approximate surface area is 176 Å². The number of likely N-dealkylation sites (tertiary alicyclic amines) is 1. The van der Waals surface area contributed by atoms with Crippen molar-refractivity contribution in [1.29, 1.82) is 0 Å². The number of hydrogen-bond donors (Lipinski definition) is 1. The van der Waals surface area contributed by atoms with Crippen LogP contribution in [0.2, 0.25) is 0 Å². The van der Waals surface area contributed by atoms with Gasteiger partial charge in [0.2, 0.25) is 0 Å². The van der Waals surface area contributed by atoms with Crippen LogP contribution in [0.1, 0.15) is 68.9 Å². The second kappa shape index (κ2) is 8.12. The zero-order valence-corrected chi connectivity index (χ0v) is 18.4. The monoisotopic (exact) mass is 392 g/mol. The maximum atomic E-state index is 6.88. The highest BCUT2D eigenvalue weighted by molar-refractivity contribution is 5.44. The number of aryl methyl sites for hydroxylation is 1. The lowest BCUT2D eigenvalue weighted by atomic mass is 9.85. The van der Waals surface area contributed by atoms with Crippen molar-refractivity contribution < 1.29 is 4.74 Å². The van der Waals surface area contributed by atoms with Crippen LogP contribution in [0.4, 0.5) is 0 Å². The molecule has 3 nitrogen and oxygen atoms in total. The van der Waals surface area contributed by atoms with Gasteiger partial charge in [-0.2, -0.15) is 0 Å². The first-order valence-corrected chi connectivity index (χ1v) is 11.2. The number of nitrogens with zero attached hydrogens (tertiary/aromatic N) is 1. The molecule has 3 atom stereocenters. The average Bonchev–Trinajstić information content (AvgIpc) is 3.06. The van der Waals surface area contributed by atoms with E-state index in [0.717, 1.165) is 38.1 Å². The fraction of sp³-hybridized carbons (Fsp3) is 0.538. The summed E-state index contributed by atoms with van der Waals surface area (Å²) >= 11 is 0. The van der Waals surface area contributed by atoms with E-state index >= 15 is 0 Å². The average molecular weight is 393 g/mol. The van der Waals surface area contributed by atoms with Gasteiger partial charge in [0.05, 0.1) is 6.04 Å². The lowest BCUT2D eigenvalue weighted by molar-refractivity contribution is 0.0582. The van der Waals surface area contributed by atoms with Gasteiger partial charge in [-0.05, 0) is 66.0 Å². The molecule has 2 aliphatic rings. The number of nitrogens with two attached hydrogens (primary N) is 1. The summed E-state index contributed by atoms with van der Waals surface area (Å²) in [5.41, 5.74) is 11.8. The molecular formula is C26H36N2O. The fourth-order valence-corrected chi connectivity index (χ4v) is 4.96. The molecule has 2 aromatic rings. The van der Waals surface area contributed by atoms with E-state index in [9.17, 15) is 0 Å². The van der Waals surface area contributed by atoms with Gasteiger partial charge < -0.3 is 10.5 Å². The molecule has 0 radical (unpaired) electrons. The number of benzene rings is 2. The number of piperidine rings is 1. The predicted molar refractivity (Wildman–Crippen MR) is 121 cm³/mol. The highest BCUT2D eigenvalue weighted by Gasteiger charge is 2.39. The van der Waals surface area contributed by atoms with Crippen LogP contribution in [0.15, 0.2) is 42.5 Å². The van der Waals surface area contributed by atoms with E-state index in [2.05, 4.69) is 75.1 Å². The SMILES string of the molecule is CCc1ccc(OC2c3ccccc3CC2N2CCCC(N)C2)c(C(C)(C)C)c1. The van der Waals surface area contributed by atoms with Gasteiger partial charge in [0.1, 0.15) is 11.9 Å². The van der Waals surface area contributed by atoms with Gasteiger partial charge in [0.15, 0.2) is 0 Å². The minimum atomic E-state index is 0.0433. The zero-order chi connectivity index (χ0) is 20.6. The number of hydrogen-bond acceptors (Lipinski definition) is 3. The lowest BCUT2D eigenvalue weighted by Crippen LogP contribution is -2.49. The van der Waals surface area contributed by atoms with E-state index in [0.29, 0.717) is 6.04 Å². The maximum absolute atomic E-state index is 6.88. The Morgan fingerprint density at radius 3 is 2.66 bits per heavy atom. The van der Waals surface area contributed by atoms with Crippen LogP contribution < -0.4 is 10.5 Å². The second-order valence-corrected chi connectivity index (χ2v) is 9.84. The standard InChI is InChI=1S/C26H36N2O/c1-5-18-12-13-24(22(15-18)26(2,3)4)29-25-21-11-7-6-9-19(21)16-23(25)28-14-8-10-20(27)17-28/h6-7,9,11-13,15,20,23,25H,5,8,10,14,16-17,27H2,1-4H3. The van der Waals surface area contributed by atoms with Crippen molar-refractivity contribution in [1.82, 2.24) is 4.90 Å². The Hall–Kier alpha value is -1.84. The second-order valence-electron chi connectivity index (χ2n) is 9.84. The third kappa shape index (κ3) is 4.22. The minimum absolute atomic E-state index is 0.0433. The maximum Gasteiger partial charge on any atom is 0.140 e. The van der Waals surface area contributed by atoms with E-state index < -0.39 is 0 Å².